The average Bonchev–Trinajstić information content (AvgIpc) is 3.67. The lowest BCUT2D eigenvalue weighted by Crippen LogP contribution is -2.81. The van der Waals surface area contributed by atoms with Gasteiger partial charge in [-0.2, -0.15) is 0 Å². The van der Waals surface area contributed by atoms with Crippen LogP contribution >= 0.6 is 0 Å². The number of carbonyl (C=O) groups excluding carboxylic acids is 4. The van der Waals surface area contributed by atoms with E-state index in [9.17, 15) is 29.6 Å². The highest BCUT2D eigenvalue weighted by molar-refractivity contribution is 5.95. The number of hydrogen-bond donors (Lipinski definition) is 4. The predicted octanol–water partition coefficient (Wildman–Crippen LogP) is 5.99. The van der Waals surface area contributed by atoms with Crippen molar-refractivity contribution in [1.82, 2.24) is 20.5 Å². The predicted molar refractivity (Wildman–Crippen MR) is 265 cm³/mol. The zero-order chi connectivity index (χ0) is 51.1. The quantitative estimate of drug-likeness (QED) is 0.0471. The lowest BCUT2D eigenvalue weighted by atomic mass is 9.47. The second-order valence-electron chi connectivity index (χ2n) is 20.9. The fraction of sp³-hybridized carbons (Fsp3) is 0.519. The van der Waals surface area contributed by atoms with Crippen LogP contribution in [0.1, 0.15) is 81.7 Å². The van der Waals surface area contributed by atoms with Crippen LogP contribution in [0.2, 0.25) is 0 Å². The van der Waals surface area contributed by atoms with Gasteiger partial charge in [-0.25, -0.2) is 9.59 Å². The number of amides is 1. The number of methoxy groups -OCH3 is 3. The van der Waals surface area contributed by atoms with Gasteiger partial charge in [0.25, 0.3) is 5.69 Å². The molecule has 4 N–H and O–H groups in total. The number of carbonyl (C=O) groups is 4. The Balaban J connectivity index is 1.14. The Labute approximate surface area is 417 Å². The van der Waals surface area contributed by atoms with E-state index in [0.29, 0.717) is 87.4 Å². The first-order valence-corrected chi connectivity index (χ1v) is 25.0. The summed E-state index contributed by atoms with van der Waals surface area (Å²) in [6, 6.07) is 16.0. The van der Waals surface area contributed by atoms with Crippen molar-refractivity contribution < 1.29 is 52.9 Å². The normalized spacial score (nSPS) is 32.3. The first-order chi connectivity index (χ1) is 34.5. The van der Waals surface area contributed by atoms with E-state index in [1.807, 2.05) is 68.3 Å². The molecule has 2 aliphatic carbocycles. The van der Waals surface area contributed by atoms with Gasteiger partial charge < -0.3 is 49.3 Å². The lowest BCUT2D eigenvalue weighted by Gasteiger charge is -2.63. The molecule has 18 heteroatoms. The number of likely N-dealkylation sites (N-methyl/N-ethyl adjacent to an activating group) is 1. The van der Waals surface area contributed by atoms with Crippen molar-refractivity contribution >= 4 is 46.3 Å². The van der Waals surface area contributed by atoms with Gasteiger partial charge in [0.15, 0.2) is 6.10 Å². The van der Waals surface area contributed by atoms with Gasteiger partial charge in [0, 0.05) is 90.0 Å². The van der Waals surface area contributed by atoms with Crippen molar-refractivity contribution in [3.8, 4) is 11.5 Å². The van der Waals surface area contributed by atoms with Crippen molar-refractivity contribution in [2.45, 2.75) is 106 Å². The smallest absolute Gasteiger partial charge is 0.413 e. The Morgan fingerprint density at radius 1 is 0.944 bits per heavy atom. The van der Waals surface area contributed by atoms with E-state index >= 15 is 4.79 Å². The summed E-state index contributed by atoms with van der Waals surface area (Å²) in [7, 11) is 6.06. The van der Waals surface area contributed by atoms with Crippen molar-refractivity contribution in [1.29, 1.82) is 0 Å². The number of aromatic amines is 1. The molecule has 1 amide bonds. The standard InChI is InChI=1S/C54H64N6O12/c1-8-50(57-49(64)72-35-17-15-34(16-18-35)60(66)67)28-32-25-33(32)29-53(47(62)69-6,43-37(19-22-55-30-50)36-13-10-11-14-40(36)56-43)39-26-38-41(27-42(39)68-5)58(4)45-52(38)21-24-59-23-12-20-51(9-2,44(52)59)46(71-31(3)61)54(45,65)48(63)70-7/h10-18,20,26-27,32-33,44-46,55-56,65H,8-9,19,21-25,28-30H2,1-7H3,(H,57,64)/t32-,33+,44+,45?,46-,50?,51-,52-,53+,54?/m1/s1. The Bertz CT molecular complexity index is 2890. The van der Waals surface area contributed by atoms with Crippen LogP contribution in [0.15, 0.2) is 72.8 Å². The number of aliphatic hydroxyl groups is 1. The van der Waals surface area contributed by atoms with E-state index in [1.165, 1.54) is 45.4 Å². The maximum absolute atomic E-state index is 15.6. The van der Waals surface area contributed by atoms with Gasteiger partial charge in [0.1, 0.15) is 16.9 Å². The van der Waals surface area contributed by atoms with Gasteiger partial charge >= 0.3 is 24.0 Å². The number of esters is 3. The number of nitro benzene ring substituents is 1. The molecular weight excluding hydrogens is 925 g/mol. The molecule has 382 valence electrons. The van der Waals surface area contributed by atoms with Gasteiger partial charge in [-0.15, -0.1) is 0 Å². The minimum absolute atomic E-state index is 0.0467. The third kappa shape index (κ3) is 7.13. The maximum Gasteiger partial charge on any atom is 0.413 e. The number of nitro groups is 1. The number of rotatable bonds is 10. The SMILES string of the molecule is CCC1(NC(=O)Oc2ccc([N+](=O)[O-])cc2)CNCCc2c([nH]c3ccccc23)[C@@](C(=O)OC)(c2cc3c(cc2OC)N(C)C2C(O)(C(=O)OC)[C@H](OC(C)=O)[C@]4(CC)C=CCN5CC[C@]32[C@@H]54)C[C@@H]2C[C@@H]2C1. The molecule has 6 aliphatic rings. The molecular formula is C54H64N6O12. The number of aromatic nitrogens is 1. The number of nitrogens with one attached hydrogen (secondary N) is 3. The third-order valence-corrected chi connectivity index (χ3v) is 17.6. The molecule has 1 saturated heterocycles. The van der Waals surface area contributed by atoms with Crippen LogP contribution in [0.5, 0.6) is 11.5 Å². The van der Waals surface area contributed by atoms with Crippen molar-refractivity contribution in [2.75, 3.05) is 59.5 Å². The molecule has 3 aromatic carbocycles. The van der Waals surface area contributed by atoms with Crippen LogP contribution in [0.25, 0.3) is 10.9 Å². The third-order valence-electron chi connectivity index (χ3n) is 17.6. The first-order valence-electron chi connectivity index (χ1n) is 25.0. The molecule has 1 aromatic heterocycles. The maximum atomic E-state index is 15.6. The van der Waals surface area contributed by atoms with E-state index in [0.717, 1.165) is 28.5 Å². The van der Waals surface area contributed by atoms with E-state index in [-0.39, 0.29) is 29.3 Å². The molecule has 4 aromatic rings. The van der Waals surface area contributed by atoms with Crippen LogP contribution in [0.4, 0.5) is 16.2 Å². The Morgan fingerprint density at radius 3 is 2.36 bits per heavy atom. The molecule has 0 bridgehead atoms. The zero-order valence-corrected chi connectivity index (χ0v) is 41.9. The highest BCUT2D eigenvalue weighted by atomic mass is 16.6. The fourth-order valence-electron chi connectivity index (χ4n) is 14.5. The highest BCUT2D eigenvalue weighted by Crippen LogP contribution is 2.68. The second-order valence-corrected chi connectivity index (χ2v) is 20.9. The Hall–Kier alpha value is -6.50. The number of ether oxygens (including phenoxy) is 5. The first kappa shape index (κ1) is 49.1. The van der Waals surface area contributed by atoms with E-state index in [4.69, 9.17) is 23.7 Å². The topological polar surface area (TPSA) is 224 Å². The van der Waals surface area contributed by atoms with E-state index in [2.05, 4.69) is 26.6 Å². The second kappa shape index (κ2) is 17.9. The van der Waals surface area contributed by atoms with Crippen LogP contribution < -0.4 is 25.0 Å². The molecule has 0 radical (unpaired) electrons. The van der Waals surface area contributed by atoms with Gasteiger partial charge in [-0.1, -0.05) is 44.2 Å². The van der Waals surface area contributed by atoms with Crippen LogP contribution in [0, 0.1) is 27.4 Å². The van der Waals surface area contributed by atoms with Gasteiger partial charge in [0.05, 0.1) is 37.8 Å². The fourth-order valence-corrected chi connectivity index (χ4v) is 14.5. The van der Waals surface area contributed by atoms with Crippen molar-refractivity contribution in [3.63, 3.8) is 0 Å². The van der Waals surface area contributed by atoms with Crippen molar-refractivity contribution in [2.24, 2.45) is 17.3 Å². The molecule has 10 rings (SSSR count). The number of nitrogens with zero attached hydrogens (tertiary/aromatic N) is 3. The summed E-state index contributed by atoms with van der Waals surface area (Å²) in [6.07, 6.45) is 5.66. The highest BCUT2D eigenvalue weighted by Gasteiger charge is 2.80. The summed E-state index contributed by atoms with van der Waals surface area (Å²) < 4.78 is 29.8. The molecule has 72 heavy (non-hydrogen) atoms. The van der Waals surface area contributed by atoms with Gasteiger partial charge in [-0.3, -0.25) is 24.6 Å². The summed E-state index contributed by atoms with van der Waals surface area (Å²) in [5, 5.41) is 32.5. The van der Waals surface area contributed by atoms with E-state index in [1.54, 1.807) is 7.11 Å². The van der Waals surface area contributed by atoms with Crippen LogP contribution in [0.3, 0.4) is 0 Å². The molecule has 10 atom stereocenters. The summed E-state index contributed by atoms with van der Waals surface area (Å²) in [5.41, 5.74) is -2.21. The number of fused-ring (bicyclic) bond motifs is 5. The van der Waals surface area contributed by atoms with Crippen LogP contribution in [-0.4, -0.2) is 128 Å². The number of benzene rings is 3. The van der Waals surface area contributed by atoms with Gasteiger partial charge in [0.2, 0.25) is 5.60 Å². The number of H-pyrrole nitrogens is 1. The molecule has 4 aliphatic heterocycles. The summed E-state index contributed by atoms with van der Waals surface area (Å²) in [6.45, 7) is 7.43. The molecule has 1 spiro atoms. The largest absolute Gasteiger partial charge is 0.496 e. The van der Waals surface area contributed by atoms with E-state index < -0.39 is 68.5 Å². The molecule has 3 fully saturated rings. The number of non-ortho nitro benzene ring substituents is 1. The lowest BCUT2D eigenvalue weighted by molar-refractivity contribution is -0.384. The molecule has 5 heterocycles. The van der Waals surface area contributed by atoms with Crippen molar-refractivity contribution in [3.05, 3.63) is 105 Å². The summed E-state index contributed by atoms with van der Waals surface area (Å²) >= 11 is 0. The van der Waals surface area contributed by atoms with Crippen LogP contribution in [-0.2, 0) is 45.8 Å². The number of hydrogen-bond acceptors (Lipinski definition) is 15. The summed E-state index contributed by atoms with van der Waals surface area (Å²) in [4.78, 5) is 75.9. The number of para-hydroxylation sites is 1. The minimum atomic E-state index is -2.36. The average molecular weight is 989 g/mol. The Kier molecular flexibility index (Phi) is 12.2. The molecule has 2 saturated carbocycles. The van der Waals surface area contributed by atoms with Gasteiger partial charge in [-0.05, 0) is 105 Å². The monoisotopic (exact) mass is 988 g/mol. The molecule has 3 unspecified atom stereocenters. The Morgan fingerprint density at radius 2 is 1.68 bits per heavy atom. The number of anilines is 1. The minimum Gasteiger partial charge on any atom is -0.496 e. The summed E-state index contributed by atoms with van der Waals surface area (Å²) in [5.74, 6) is -1.45. The molecule has 18 nitrogen and oxygen atoms in total. The zero-order valence-electron chi connectivity index (χ0n) is 41.9.